The van der Waals surface area contributed by atoms with Crippen LogP contribution in [0.15, 0.2) is 53.4 Å². The number of thioether (sulfide) groups is 1. The molecule has 130 valence electrons. The fourth-order valence-electron chi connectivity index (χ4n) is 2.58. The lowest BCUT2D eigenvalue weighted by Crippen LogP contribution is -2.23. The average molecular weight is 376 g/mol. The summed E-state index contributed by atoms with van der Waals surface area (Å²) >= 11 is 7.43. The van der Waals surface area contributed by atoms with E-state index in [0.29, 0.717) is 29.4 Å². The number of hydrogen-bond acceptors (Lipinski definition) is 4. The second kappa shape index (κ2) is 8.41. The van der Waals surface area contributed by atoms with Gasteiger partial charge in [-0.1, -0.05) is 11.6 Å². The maximum absolute atomic E-state index is 11.9. The summed E-state index contributed by atoms with van der Waals surface area (Å²) in [5, 5.41) is 0.697. The third-order valence-corrected chi connectivity index (χ3v) is 5.11. The molecule has 0 aromatic heterocycles. The molecule has 1 heterocycles. The standard InChI is InChI=1S/C19H18ClNO3S/c20-14-3-9-17(10-4-14)25-13-11-19(23)24-16-7-5-15(6-8-16)21-12-1-2-18(21)22/h3-10H,1-2,11-13H2. The SMILES string of the molecule is O=C(CCSc1ccc(Cl)cc1)Oc1ccc(N2CCCC2=O)cc1. The van der Waals surface area contributed by atoms with E-state index in [-0.39, 0.29) is 11.9 Å². The molecule has 6 heteroatoms. The van der Waals surface area contributed by atoms with Crippen LogP contribution in [-0.4, -0.2) is 24.2 Å². The predicted molar refractivity (Wildman–Crippen MR) is 100 cm³/mol. The Bertz CT molecular complexity index is 746. The molecule has 0 spiro atoms. The highest BCUT2D eigenvalue weighted by Crippen LogP contribution is 2.25. The number of halogens is 1. The van der Waals surface area contributed by atoms with Gasteiger partial charge in [-0.3, -0.25) is 9.59 Å². The summed E-state index contributed by atoms with van der Waals surface area (Å²) in [6.07, 6.45) is 1.81. The van der Waals surface area contributed by atoms with E-state index in [1.54, 1.807) is 28.8 Å². The minimum absolute atomic E-state index is 0.143. The summed E-state index contributed by atoms with van der Waals surface area (Å²) in [4.78, 5) is 26.5. The zero-order valence-corrected chi connectivity index (χ0v) is 15.2. The number of anilines is 1. The minimum Gasteiger partial charge on any atom is -0.427 e. The molecule has 0 radical (unpaired) electrons. The van der Waals surface area contributed by atoms with Crippen molar-refractivity contribution >= 4 is 40.9 Å². The topological polar surface area (TPSA) is 46.6 Å². The largest absolute Gasteiger partial charge is 0.427 e. The van der Waals surface area contributed by atoms with Crippen LogP contribution in [0.2, 0.25) is 5.02 Å². The van der Waals surface area contributed by atoms with Crippen molar-refractivity contribution in [3.05, 3.63) is 53.6 Å². The van der Waals surface area contributed by atoms with Crippen LogP contribution in [0.1, 0.15) is 19.3 Å². The van der Waals surface area contributed by atoms with Gasteiger partial charge < -0.3 is 9.64 Å². The molecule has 0 bridgehead atoms. The summed E-state index contributed by atoms with van der Waals surface area (Å²) in [5.41, 5.74) is 0.848. The maximum Gasteiger partial charge on any atom is 0.312 e. The number of carbonyl (C=O) groups excluding carboxylic acids is 2. The quantitative estimate of drug-likeness (QED) is 0.422. The van der Waals surface area contributed by atoms with Crippen molar-refractivity contribution in [2.24, 2.45) is 0 Å². The van der Waals surface area contributed by atoms with E-state index in [2.05, 4.69) is 0 Å². The van der Waals surface area contributed by atoms with E-state index in [9.17, 15) is 9.59 Å². The molecule has 1 aliphatic heterocycles. The van der Waals surface area contributed by atoms with Gasteiger partial charge in [-0.25, -0.2) is 0 Å². The minimum atomic E-state index is -0.272. The molecule has 1 fully saturated rings. The first-order chi connectivity index (χ1) is 12.1. The lowest BCUT2D eigenvalue weighted by Gasteiger charge is -2.15. The van der Waals surface area contributed by atoms with Gasteiger partial charge >= 0.3 is 5.97 Å². The summed E-state index contributed by atoms with van der Waals surface area (Å²) in [7, 11) is 0. The lowest BCUT2D eigenvalue weighted by molar-refractivity contribution is -0.133. The molecule has 2 aromatic rings. The molecule has 4 nitrogen and oxygen atoms in total. The van der Waals surface area contributed by atoms with Gasteiger partial charge in [0.2, 0.25) is 5.91 Å². The first kappa shape index (κ1) is 17.8. The van der Waals surface area contributed by atoms with E-state index in [0.717, 1.165) is 23.5 Å². The fourth-order valence-corrected chi connectivity index (χ4v) is 3.54. The fraction of sp³-hybridized carbons (Fsp3) is 0.263. The molecule has 1 amide bonds. The van der Waals surface area contributed by atoms with Gasteiger partial charge in [-0.15, -0.1) is 11.8 Å². The van der Waals surface area contributed by atoms with Gasteiger partial charge in [-0.2, -0.15) is 0 Å². The van der Waals surface area contributed by atoms with Gasteiger partial charge in [0.1, 0.15) is 5.75 Å². The van der Waals surface area contributed by atoms with Crippen molar-refractivity contribution in [2.45, 2.75) is 24.2 Å². The van der Waals surface area contributed by atoms with Crippen molar-refractivity contribution in [3.63, 3.8) is 0 Å². The Morgan fingerprint density at radius 3 is 2.48 bits per heavy atom. The van der Waals surface area contributed by atoms with Crippen LogP contribution in [0.5, 0.6) is 5.75 Å². The van der Waals surface area contributed by atoms with Gasteiger partial charge in [0, 0.05) is 34.3 Å². The first-order valence-electron chi connectivity index (χ1n) is 8.11. The molecule has 0 saturated carbocycles. The molecule has 2 aromatic carbocycles. The first-order valence-corrected chi connectivity index (χ1v) is 9.48. The number of esters is 1. The number of benzene rings is 2. The van der Waals surface area contributed by atoms with Crippen LogP contribution >= 0.6 is 23.4 Å². The number of hydrogen-bond donors (Lipinski definition) is 0. The van der Waals surface area contributed by atoms with Crippen molar-refractivity contribution in [1.82, 2.24) is 0 Å². The van der Waals surface area contributed by atoms with Crippen LogP contribution in [0, 0.1) is 0 Å². The second-order valence-electron chi connectivity index (χ2n) is 5.67. The Kier molecular flexibility index (Phi) is 6.00. The Morgan fingerprint density at radius 1 is 1.12 bits per heavy atom. The molecule has 1 saturated heterocycles. The van der Waals surface area contributed by atoms with E-state index in [4.69, 9.17) is 16.3 Å². The van der Waals surface area contributed by atoms with Crippen LogP contribution in [0.25, 0.3) is 0 Å². The van der Waals surface area contributed by atoms with Crippen molar-refractivity contribution in [3.8, 4) is 5.75 Å². The van der Waals surface area contributed by atoms with Crippen LogP contribution in [0.3, 0.4) is 0 Å². The Morgan fingerprint density at radius 2 is 1.84 bits per heavy atom. The summed E-state index contributed by atoms with van der Waals surface area (Å²) in [6.45, 7) is 0.750. The average Bonchev–Trinajstić information content (AvgIpc) is 3.03. The zero-order valence-electron chi connectivity index (χ0n) is 13.6. The molecule has 0 aliphatic carbocycles. The van der Waals surface area contributed by atoms with Crippen molar-refractivity contribution in [1.29, 1.82) is 0 Å². The zero-order chi connectivity index (χ0) is 17.6. The van der Waals surface area contributed by atoms with E-state index in [1.807, 2.05) is 36.4 Å². The molecular weight excluding hydrogens is 358 g/mol. The number of nitrogens with zero attached hydrogens (tertiary/aromatic N) is 1. The van der Waals surface area contributed by atoms with Crippen LogP contribution < -0.4 is 9.64 Å². The van der Waals surface area contributed by atoms with Gasteiger partial charge in [0.25, 0.3) is 0 Å². The van der Waals surface area contributed by atoms with Crippen molar-refractivity contribution < 1.29 is 14.3 Å². The smallest absolute Gasteiger partial charge is 0.312 e. The number of rotatable bonds is 6. The molecular formula is C19H18ClNO3S. The monoisotopic (exact) mass is 375 g/mol. The Labute approximate surface area is 156 Å². The highest BCUT2D eigenvalue weighted by Gasteiger charge is 2.21. The van der Waals surface area contributed by atoms with E-state index in [1.165, 1.54) is 0 Å². The molecule has 3 rings (SSSR count). The van der Waals surface area contributed by atoms with Crippen molar-refractivity contribution in [2.75, 3.05) is 17.2 Å². The van der Waals surface area contributed by atoms with Crippen LogP contribution in [0.4, 0.5) is 5.69 Å². The van der Waals surface area contributed by atoms with Crippen LogP contribution in [-0.2, 0) is 9.59 Å². The normalized spacial score (nSPS) is 14.0. The maximum atomic E-state index is 11.9. The summed E-state index contributed by atoms with van der Waals surface area (Å²) in [5.74, 6) is 1.01. The highest BCUT2D eigenvalue weighted by molar-refractivity contribution is 7.99. The second-order valence-corrected chi connectivity index (χ2v) is 7.27. The number of ether oxygens (including phenoxy) is 1. The molecule has 25 heavy (non-hydrogen) atoms. The third-order valence-electron chi connectivity index (χ3n) is 3.84. The predicted octanol–water partition coefficient (Wildman–Crippen LogP) is 4.55. The van der Waals surface area contributed by atoms with E-state index < -0.39 is 0 Å². The van der Waals surface area contributed by atoms with E-state index >= 15 is 0 Å². The summed E-state index contributed by atoms with van der Waals surface area (Å²) < 4.78 is 5.34. The van der Waals surface area contributed by atoms with Gasteiger partial charge in [-0.05, 0) is 55.0 Å². The summed E-state index contributed by atoms with van der Waals surface area (Å²) in [6, 6.07) is 14.6. The third kappa shape index (κ3) is 5.00. The van der Waals surface area contributed by atoms with Gasteiger partial charge in [0.05, 0.1) is 6.42 Å². The number of carbonyl (C=O) groups is 2. The van der Waals surface area contributed by atoms with Gasteiger partial charge in [0.15, 0.2) is 0 Å². The Hall–Kier alpha value is -1.98. The molecule has 0 unspecified atom stereocenters. The molecule has 0 N–H and O–H groups in total. The molecule has 0 atom stereocenters. The number of amides is 1. The highest BCUT2D eigenvalue weighted by atomic mass is 35.5. The Balaban J connectivity index is 1.46. The lowest BCUT2D eigenvalue weighted by atomic mass is 10.3. The molecule has 1 aliphatic rings.